The molecular formula is C12H16FeO9. The van der Waals surface area contributed by atoms with Gasteiger partial charge in [0.2, 0.25) is 11.2 Å². The minimum Gasteiger partial charge on any atom is -0.465 e. The number of esters is 1. The Morgan fingerprint density at radius 2 is 1.86 bits per heavy atom. The number of aryl methyl sites for hydroxylation is 1. The van der Waals surface area contributed by atoms with E-state index < -0.39 is 48.2 Å². The number of hydrogen-bond acceptors (Lipinski definition) is 9. The molecule has 0 unspecified atom stereocenters. The maximum atomic E-state index is 11.6. The summed E-state index contributed by atoms with van der Waals surface area (Å²) in [6, 6.07) is 0.989. The van der Waals surface area contributed by atoms with Gasteiger partial charge in [0.05, 0.1) is 12.9 Å². The van der Waals surface area contributed by atoms with Gasteiger partial charge in [0.1, 0.15) is 24.1 Å². The fourth-order valence-corrected chi connectivity index (χ4v) is 1.45. The fraction of sp³-hybridized carbons (Fsp3) is 0.500. The van der Waals surface area contributed by atoms with E-state index in [1.807, 2.05) is 0 Å². The fourth-order valence-electron chi connectivity index (χ4n) is 1.45. The van der Waals surface area contributed by atoms with Crippen LogP contribution in [0.1, 0.15) is 5.76 Å². The van der Waals surface area contributed by atoms with Crippen molar-refractivity contribution in [2.45, 2.75) is 31.3 Å². The zero-order valence-corrected chi connectivity index (χ0v) is 12.5. The third kappa shape index (κ3) is 4.89. The first-order chi connectivity index (χ1) is 9.79. The van der Waals surface area contributed by atoms with E-state index >= 15 is 0 Å². The molecule has 0 aliphatic heterocycles. The Hall–Kier alpha value is -1.26. The molecule has 0 spiro atoms. The first kappa shape index (κ1) is 20.7. The van der Waals surface area contributed by atoms with Gasteiger partial charge in [-0.2, -0.15) is 0 Å². The maximum absolute atomic E-state index is 11.6. The number of hydrogen-bond donors (Lipinski definition) is 5. The Balaban J connectivity index is 0.00000441. The van der Waals surface area contributed by atoms with Crippen LogP contribution in [0.4, 0.5) is 0 Å². The second kappa shape index (κ2) is 9.01. The van der Waals surface area contributed by atoms with Crippen LogP contribution in [-0.2, 0) is 21.9 Å². The van der Waals surface area contributed by atoms with Gasteiger partial charge < -0.3 is 34.7 Å². The summed E-state index contributed by atoms with van der Waals surface area (Å²) < 4.78 is 9.45. The standard InChI is InChI=1S/C12H16O9.Fe/c1-5-11(6(14)2-3-20-5)21-12(19)10(18)9(17)8(16)7(15)4-13;/h2-3,7-10,13,15-18H,4H2,1H3;/t7-,8-,9+,10-;/m1./s1. The maximum Gasteiger partial charge on any atom is 0.343 e. The molecule has 0 saturated carbocycles. The average Bonchev–Trinajstić information content (AvgIpc) is 2.47. The second-order valence-electron chi connectivity index (χ2n) is 4.27. The van der Waals surface area contributed by atoms with Crippen molar-refractivity contribution in [2.24, 2.45) is 0 Å². The molecule has 10 heteroatoms. The summed E-state index contributed by atoms with van der Waals surface area (Å²) in [5.41, 5.74) is -0.676. The Labute approximate surface area is 135 Å². The Morgan fingerprint density at radius 1 is 1.27 bits per heavy atom. The van der Waals surface area contributed by atoms with Crippen molar-refractivity contribution in [3.63, 3.8) is 0 Å². The molecule has 1 aromatic rings. The number of carbonyl (C=O) groups is 1. The molecule has 0 aromatic carbocycles. The van der Waals surface area contributed by atoms with Crippen LogP contribution in [0.2, 0.25) is 0 Å². The van der Waals surface area contributed by atoms with Crippen LogP contribution in [0.3, 0.4) is 0 Å². The van der Waals surface area contributed by atoms with Gasteiger partial charge in [-0.25, -0.2) is 4.79 Å². The number of aliphatic hydroxyl groups is 5. The van der Waals surface area contributed by atoms with Crippen LogP contribution in [0.15, 0.2) is 21.5 Å². The minimum atomic E-state index is -2.24. The van der Waals surface area contributed by atoms with E-state index in [0.717, 1.165) is 12.3 Å². The van der Waals surface area contributed by atoms with Crippen molar-refractivity contribution < 1.29 is 56.5 Å². The summed E-state index contributed by atoms with van der Waals surface area (Å²) in [4.78, 5) is 23.1. The molecule has 9 nitrogen and oxygen atoms in total. The Bertz CT molecular complexity index is 544. The van der Waals surface area contributed by atoms with E-state index in [0.29, 0.717) is 0 Å². The summed E-state index contributed by atoms with van der Waals surface area (Å²) in [6.45, 7) is 0.457. The topological polar surface area (TPSA) is 158 Å². The van der Waals surface area contributed by atoms with Crippen LogP contribution in [0.5, 0.6) is 5.75 Å². The Morgan fingerprint density at radius 3 is 2.36 bits per heavy atom. The molecular weight excluding hydrogens is 344 g/mol. The van der Waals surface area contributed by atoms with Gasteiger partial charge in [0.15, 0.2) is 6.10 Å². The van der Waals surface area contributed by atoms with E-state index in [2.05, 4.69) is 4.74 Å². The van der Waals surface area contributed by atoms with E-state index in [1.54, 1.807) is 0 Å². The van der Waals surface area contributed by atoms with Crippen LogP contribution in [0, 0.1) is 6.92 Å². The Kier molecular flexibility index (Phi) is 8.49. The van der Waals surface area contributed by atoms with Crippen molar-refractivity contribution in [3.8, 4) is 5.75 Å². The van der Waals surface area contributed by atoms with Gasteiger partial charge in [0.25, 0.3) is 0 Å². The van der Waals surface area contributed by atoms with Gasteiger partial charge in [-0.1, -0.05) is 0 Å². The second-order valence-corrected chi connectivity index (χ2v) is 4.27. The number of ether oxygens (including phenoxy) is 1. The molecule has 0 bridgehead atoms. The third-order valence-electron chi connectivity index (χ3n) is 2.71. The monoisotopic (exact) mass is 360 g/mol. The third-order valence-corrected chi connectivity index (χ3v) is 2.71. The molecule has 22 heavy (non-hydrogen) atoms. The summed E-state index contributed by atoms with van der Waals surface area (Å²) in [5, 5.41) is 46.1. The molecule has 1 heterocycles. The van der Waals surface area contributed by atoms with Crippen molar-refractivity contribution in [1.82, 2.24) is 0 Å². The first-order valence-corrected chi connectivity index (χ1v) is 5.92. The summed E-state index contributed by atoms with van der Waals surface area (Å²) in [7, 11) is 0. The van der Waals surface area contributed by atoms with Gasteiger partial charge in [-0.3, -0.25) is 4.79 Å². The van der Waals surface area contributed by atoms with Crippen molar-refractivity contribution in [1.29, 1.82) is 0 Å². The molecule has 0 aliphatic carbocycles. The quantitative estimate of drug-likeness (QED) is 0.269. The van der Waals surface area contributed by atoms with Crippen LogP contribution in [0.25, 0.3) is 0 Å². The smallest absolute Gasteiger partial charge is 0.343 e. The van der Waals surface area contributed by atoms with Gasteiger partial charge in [-0.05, 0) is 6.92 Å². The predicted octanol–water partition coefficient (Wildman–Crippen LogP) is -2.71. The van der Waals surface area contributed by atoms with E-state index in [-0.39, 0.29) is 22.8 Å². The molecule has 126 valence electrons. The van der Waals surface area contributed by atoms with E-state index in [4.69, 9.17) is 14.6 Å². The van der Waals surface area contributed by atoms with Crippen LogP contribution in [-0.4, -0.2) is 62.5 Å². The number of rotatable bonds is 6. The molecule has 1 aromatic heterocycles. The van der Waals surface area contributed by atoms with Gasteiger partial charge >= 0.3 is 5.97 Å². The van der Waals surface area contributed by atoms with Crippen molar-refractivity contribution in [2.75, 3.05) is 6.61 Å². The molecule has 0 amide bonds. The summed E-state index contributed by atoms with van der Waals surface area (Å²) >= 11 is 0. The summed E-state index contributed by atoms with van der Waals surface area (Å²) in [5.74, 6) is -1.91. The molecule has 5 N–H and O–H groups in total. The van der Waals surface area contributed by atoms with Gasteiger partial charge in [0, 0.05) is 23.1 Å². The van der Waals surface area contributed by atoms with E-state index in [9.17, 15) is 24.9 Å². The largest absolute Gasteiger partial charge is 0.465 e. The molecule has 0 fully saturated rings. The average molecular weight is 360 g/mol. The van der Waals surface area contributed by atoms with Gasteiger partial charge in [-0.15, -0.1) is 0 Å². The number of carbonyl (C=O) groups excluding carboxylic acids is 1. The number of aliphatic hydroxyl groups excluding tert-OH is 5. The molecule has 0 radical (unpaired) electrons. The van der Waals surface area contributed by atoms with Crippen LogP contribution < -0.4 is 10.2 Å². The first-order valence-electron chi connectivity index (χ1n) is 5.92. The summed E-state index contributed by atoms with van der Waals surface area (Å²) in [6.07, 6.45) is -7.01. The molecule has 1 rings (SSSR count). The predicted molar refractivity (Wildman–Crippen MR) is 66.5 cm³/mol. The zero-order valence-electron chi connectivity index (χ0n) is 11.4. The minimum absolute atomic E-state index is 0. The zero-order chi connectivity index (χ0) is 16.2. The van der Waals surface area contributed by atoms with Crippen molar-refractivity contribution in [3.05, 3.63) is 28.3 Å². The normalized spacial score (nSPS) is 16.1. The molecule has 0 saturated heterocycles. The SMILES string of the molecule is Cc1occc(=O)c1OC(=O)[C@H](O)[C@@H](O)[C@H](O)[C@H](O)CO.[Fe]. The molecule has 4 atom stereocenters. The van der Waals surface area contributed by atoms with Crippen LogP contribution >= 0.6 is 0 Å². The van der Waals surface area contributed by atoms with Crippen molar-refractivity contribution >= 4 is 5.97 Å². The molecule has 0 aliphatic rings. The van der Waals surface area contributed by atoms with E-state index in [1.165, 1.54) is 6.92 Å².